The van der Waals surface area contributed by atoms with Gasteiger partial charge in [0.2, 0.25) is 5.78 Å². The molecule has 1 N–H and O–H groups in total. The second-order valence-electron chi connectivity index (χ2n) is 9.17. The summed E-state index contributed by atoms with van der Waals surface area (Å²) in [6, 6.07) is 34.6. The predicted molar refractivity (Wildman–Crippen MR) is 141 cm³/mol. The highest BCUT2D eigenvalue weighted by Crippen LogP contribution is 2.49. The molecule has 37 heavy (non-hydrogen) atoms. The van der Waals surface area contributed by atoms with E-state index in [9.17, 15) is 14.4 Å². The summed E-state index contributed by atoms with van der Waals surface area (Å²) in [7, 11) is 0. The third-order valence-corrected chi connectivity index (χ3v) is 7.03. The zero-order chi connectivity index (χ0) is 25.4. The summed E-state index contributed by atoms with van der Waals surface area (Å²) in [4.78, 5) is 43.9. The Kier molecular flexibility index (Phi) is 5.49. The third-order valence-electron chi connectivity index (χ3n) is 7.03. The third kappa shape index (κ3) is 3.57. The first kappa shape index (κ1) is 22.6. The Balaban J connectivity index is 1.50. The molecule has 2 heterocycles. The fraction of sp³-hybridized carbons (Fsp3) is 0.0968. The van der Waals surface area contributed by atoms with Crippen LogP contribution in [0.4, 0.5) is 5.69 Å². The standard InChI is InChI=1S/C31H23N3O3/c35-28(22-14-6-2-7-15-22)26-27(29(36)23-16-8-3-9-17-23)32-33-31(26)24-18-10-11-19-25(24)34(30(31)37)20-21-12-4-1-5-13-21/h1-19,26,33H,20H2/t26-,31+/m0/s1. The number of amides is 1. The van der Waals surface area contributed by atoms with Crippen LogP contribution in [0.2, 0.25) is 0 Å². The zero-order valence-electron chi connectivity index (χ0n) is 19.9. The van der Waals surface area contributed by atoms with Crippen LogP contribution in [0.3, 0.4) is 0 Å². The highest BCUT2D eigenvalue weighted by Gasteiger charge is 2.63. The smallest absolute Gasteiger partial charge is 0.260 e. The Morgan fingerprint density at radius 3 is 2.00 bits per heavy atom. The lowest BCUT2D eigenvalue weighted by molar-refractivity contribution is -0.124. The van der Waals surface area contributed by atoms with Crippen molar-refractivity contribution in [2.45, 2.75) is 12.1 Å². The number of benzene rings is 4. The van der Waals surface area contributed by atoms with Crippen LogP contribution >= 0.6 is 0 Å². The molecule has 2 atom stereocenters. The summed E-state index contributed by atoms with van der Waals surface area (Å²) in [6.45, 7) is 0.328. The topological polar surface area (TPSA) is 78.8 Å². The van der Waals surface area contributed by atoms with E-state index in [2.05, 4.69) is 10.5 Å². The van der Waals surface area contributed by atoms with Gasteiger partial charge >= 0.3 is 0 Å². The van der Waals surface area contributed by atoms with Gasteiger partial charge in [-0.3, -0.25) is 19.8 Å². The average molecular weight is 486 g/mol. The SMILES string of the molecule is O=C(C1=NN[C@@]2(C(=O)N(Cc3ccccc3)c3ccccc32)[C@@H]1C(=O)c1ccccc1)c1ccccc1. The number of nitrogens with one attached hydrogen (secondary N) is 1. The molecular weight excluding hydrogens is 462 g/mol. The summed E-state index contributed by atoms with van der Waals surface area (Å²) in [5.74, 6) is -2.17. The minimum Gasteiger partial charge on any atom is -0.305 e. The molecule has 0 aromatic heterocycles. The number of carbonyl (C=O) groups is 3. The van der Waals surface area contributed by atoms with E-state index in [4.69, 9.17) is 0 Å². The Bertz CT molecular complexity index is 1530. The van der Waals surface area contributed by atoms with E-state index in [0.717, 1.165) is 5.56 Å². The second kappa shape index (κ2) is 8.99. The summed E-state index contributed by atoms with van der Waals surface area (Å²) in [5, 5.41) is 4.41. The zero-order valence-corrected chi connectivity index (χ0v) is 19.9. The number of carbonyl (C=O) groups excluding carboxylic acids is 3. The quantitative estimate of drug-likeness (QED) is 0.399. The lowest BCUT2D eigenvalue weighted by atomic mass is 9.72. The number of nitrogens with zero attached hydrogens (tertiary/aromatic N) is 2. The van der Waals surface area contributed by atoms with Gasteiger partial charge in [-0.2, -0.15) is 5.10 Å². The van der Waals surface area contributed by atoms with Crippen LogP contribution in [0.25, 0.3) is 0 Å². The molecule has 0 aliphatic carbocycles. The van der Waals surface area contributed by atoms with Crippen molar-refractivity contribution in [1.29, 1.82) is 0 Å². The van der Waals surface area contributed by atoms with Crippen LogP contribution < -0.4 is 10.3 Å². The van der Waals surface area contributed by atoms with Gasteiger partial charge in [0, 0.05) is 16.7 Å². The van der Waals surface area contributed by atoms with Gasteiger partial charge in [-0.15, -0.1) is 0 Å². The minimum atomic E-state index is -1.53. The highest BCUT2D eigenvalue weighted by molar-refractivity contribution is 6.51. The van der Waals surface area contributed by atoms with E-state index in [0.29, 0.717) is 28.9 Å². The molecule has 0 unspecified atom stereocenters. The van der Waals surface area contributed by atoms with E-state index in [-0.39, 0.29) is 23.2 Å². The first-order valence-electron chi connectivity index (χ1n) is 12.1. The van der Waals surface area contributed by atoms with Crippen molar-refractivity contribution in [2.75, 3.05) is 4.90 Å². The number of rotatable bonds is 6. The molecule has 0 saturated carbocycles. The molecule has 0 saturated heterocycles. The Morgan fingerprint density at radius 1 is 0.757 bits per heavy atom. The molecule has 6 heteroatoms. The maximum absolute atomic E-state index is 14.4. The van der Waals surface area contributed by atoms with Gasteiger partial charge in [-0.1, -0.05) is 109 Å². The number of fused-ring (bicyclic) bond motifs is 2. The number of para-hydroxylation sites is 1. The number of anilines is 1. The van der Waals surface area contributed by atoms with Gasteiger partial charge < -0.3 is 4.90 Å². The van der Waals surface area contributed by atoms with Crippen LogP contribution in [-0.4, -0.2) is 23.2 Å². The minimum absolute atomic E-state index is 0.0322. The van der Waals surface area contributed by atoms with Crippen LogP contribution in [0, 0.1) is 5.92 Å². The Labute approximate surface area is 214 Å². The maximum atomic E-state index is 14.4. The molecule has 6 nitrogen and oxygen atoms in total. The van der Waals surface area contributed by atoms with E-state index >= 15 is 0 Å². The van der Waals surface area contributed by atoms with Crippen LogP contribution in [0.1, 0.15) is 31.8 Å². The van der Waals surface area contributed by atoms with Gasteiger partial charge in [0.05, 0.1) is 12.2 Å². The van der Waals surface area contributed by atoms with E-state index < -0.39 is 11.5 Å². The van der Waals surface area contributed by atoms with Crippen molar-refractivity contribution in [2.24, 2.45) is 11.0 Å². The van der Waals surface area contributed by atoms with Gasteiger partial charge in [0.1, 0.15) is 11.6 Å². The summed E-state index contributed by atoms with van der Waals surface area (Å²) in [6.07, 6.45) is 0. The molecule has 2 aliphatic rings. The molecule has 1 spiro atoms. The van der Waals surface area contributed by atoms with Crippen LogP contribution in [0.15, 0.2) is 120 Å². The number of hydrogen-bond donors (Lipinski definition) is 1. The monoisotopic (exact) mass is 485 g/mol. The molecule has 0 bridgehead atoms. The predicted octanol–water partition coefficient (Wildman–Crippen LogP) is 4.77. The van der Waals surface area contributed by atoms with E-state index in [1.54, 1.807) is 53.4 Å². The fourth-order valence-electron chi connectivity index (χ4n) is 5.28. The largest absolute Gasteiger partial charge is 0.305 e. The number of hydrazone groups is 1. The van der Waals surface area contributed by atoms with Gasteiger partial charge in [-0.05, 0) is 11.6 Å². The molecule has 0 radical (unpaired) electrons. The van der Waals surface area contributed by atoms with E-state index in [1.165, 1.54) is 0 Å². The maximum Gasteiger partial charge on any atom is 0.260 e. The van der Waals surface area contributed by atoms with Crippen molar-refractivity contribution in [3.8, 4) is 0 Å². The lowest BCUT2D eigenvalue weighted by Crippen LogP contribution is -2.54. The summed E-state index contributed by atoms with van der Waals surface area (Å²) >= 11 is 0. The first-order valence-corrected chi connectivity index (χ1v) is 12.1. The number of Topliss-reactive ketones (excluding diaryl/α,β-unsaturated/α-hetero) is 2. The van der Waals surface area contributed by atoms with Crippen molar-refractivity contribution in [3.63, 3.8) is 0 Å². The fourth-order valence-corrected chi connectivity index (χ4v) is 5.28. The van der Waals surface area contributed by atoms with Crippen molar-refractivity contribution in [3.05, 3.63) is 138 Å². The van der Waals surface area contributed by atoms with Crippen molar-refractivity contribution < 1.29 is 14.4 Å². The molecule has 4 aromatic carbocycles. The lowest BCUT2D eigenvalue weighted by Gasteiger charge is -2.30. The molecule has 4 aromatic rings. The van der Waals surface area contributed by atoms with E-state index in [1.807, 2.05) is 66.7 Å². The Hall–Kier alpha value is -4.84. The average Bonchev–Trinajstić information content (AvgIpc) is 3.47. The molecule has 0 fully saturated rings. The van der Waals surface area contributed by atoms with Crippen molar-refractivity contribution in [1.82, 2.24) is 5.43 Å². The van der Waals surface area contributed by atoms with Gasteiger partial charge in [0.25, 0.3) is 5.91 Å². The normalized spacial score (nSPS) is 19.9. The van der Waals surface area contributed by atoms with Gasteiger partial charge in [0.15, 0.2) is 11.3 Å². The molecule has 1 amide bonds. The first-order chi connectivity index (χ1) is 18.1. The number of ketones is 2. The Morgan fingerprint density at radius 2 is 1.32 bits per heavy atom. The number of hydrogen-bond acceptors (Lipinski definition) is 5. The van der Waals surface area contributed by atoms with Crippen molar-refractivity contribution >= 4 is 28.9 Å². The molecular formula is C31H23N3O3. The van der Waals surface area contributed by atoms with Gasteiger partial charge in [-0.25, -0.2) is 0 Å². The summed E-state index contributed by atoms with van der Waals surface area (Å²) < 4.78 is 0. The molecule has 180 valence electrons. The molecule has 6 rings (SSSR count). The molecule has 2 aliphatic heterocycles. The summed E-state index contributed by atoms with van der Waals surface area (Å²) in [5.41, 5.74) is 4.61. The van der Waals surface area contributed by atoms with Crippen LogP contribution in [-0.2, 0) is 16.9 Å². The van der Waals surface area contributed by atoms with Crippen LogP contribution in [0.5, 0.6) is 0 Å². The highest BCUT2D eigenvalue weighted by atomic mass is 16.2. The second-order valence-corrected chi connectivity index (χ2v) is 9.17.